The molecule has 1 aromatic heterocycles. The summed E-state index contributed by atoms with van der Waals surface area (Å²) in [7, 11) is 1.84. The molecule has 4 heterocycles. The van der Waals surface area contributed by atoms with Gasteiger partial charge in [0, 0.05) is 36.1 Å². The molecule has 1 spiro atoms. The van der Waals surface area contributed by atoms with Crippen molar-refractivity contribution in [3.8, 4) is 11.1 Å². The third-order valence-corrected chi connectivity index (χ3v) is 8.26. The van der Waals surface area contributed by atoms with Crippen LogP contribution in [0.2, 0.25) is 0 Å². The number of nitrogens with one attached hydrogen (secondary N) is 1. The third-order valence-electron chi connectivity index (χ3n) is 8.26. The Balaban J connectivity index is 1.25. The van der Waals surface area contributed by atoms with E-state index in [-0.39, 0.29) is 18.3 Å². The largest absolute Gasteiger partial charge is 0.317 e. The second kappa shape index (κ2) is 8.88. The summed E-state index contributed by atoms with van der Waals surface area (Å²) in [4.78, 5) is 18.4. The van der Waals surface area contributed by atoms with Crippen LogP contribution in [0.1, 0.15) is 36.8 Å². The van der Waals surface area contributed by atoms with Crippen LogP contribution in [0.15, 0.2) is 54.9 Å². The molecule has 7 heteroatoms. The van der Waals surface area contributed by atoms with Crippen LogP contribution in [0.5, 0.6) is 0 Å². The van der Waals surface area contributed by atoms with Crippen LogP contribution >= 0.6 is 0 Å². The van der Waals surface area contributed by atoms with Gasteiger partial charge in [0.25, 0.3) is 0 Å². The van der Waals surface area contributed by atoms with Crippen molar-refractivity contribution in [3.63, 3.8) is 0 Å². The molecular weight excluding hydrogens is 441 g/mol. The molecule has 2 saturated heterocycles. The molecule has 182 valence electrons. The van der Waals surface area contributed by atoms with Gasteiger partial charge in [-0.1, -0.05) is 30.3 Å². The predicted molar refractivity (Wildman–Crippen MR) is 135 cm³/mol. The van der Waals surface area contributed by atoms with Crippen LogP contribution in [0, 0.1) is 5.82 Å². The first-order valence-corrected chi connectivity index (χ1v) is 12.7. The van der Waals surface area contributed by atoms with E-state index in [0.717, 1.165) is 61.4 Å². The van der Waals surface area contributed by atoms with E-state index in [1.165, 1.54) is 12.8 Å². The Labute approximate surface area is 205 Å². The third kappa shape index (κ3) is 3.87. The van der Waals surface area contributed by atoms with Crippen molar-refractivity contribution in [2.75, 3.05) is 31.1 Å². The molecule has 3 aromatic rings. The van der Waals surface area contributed by atoms with Gasteiger partial charge in [0.1, 0.15) is 5.82 Å². The van der Waals surface area contributed by atoms with Gasteiger partial charge in [-0.15, -0.1) is 0 Å². The first-order chi connectivity index (χ1) is 17.0. The molecule has 1 amide bonds. The molecule has 0 radical (unpaired) electrons. The lowest BCUT2D eigenvalue weighted by molar-refractivity contribution is -0.125. The van der Waals surface area contributed by atoms with Crippen molar-refractivity contribution in [2.24, 2.45) is 7.05 Å². The van der Waals surface area contributed by atoms with Gasteiger partial charge in [-0.2, -0.15) is 5.10 Å². The fourth-order valence-corrected chi connectivity index (χ4v) is 6.28. The number of hydrogen-bond acceptors (Lipinski definition) is 4. The maximum atomic E-state index is 15.2. The fraction of sp³-hybridized carbons (Fsp3) is 0.429. The number of nitrogens with zero attached hydrogens (tertiary/aromatic N) is 4. The van der Waals surface area contributed by atoms with Crippen LogP contribution in [-0.4, -0.2) is 52.8 Å². The molecule has 3 aliphatic rings. The summed E-state index contributed by atoms with van der Waals surface area (Å²) in [6.45, 7) is 4.27. The summed E-state index contributed by atoms with van der Waals surface area (Å²) in [6, 6.07) is 14.0. The van der Waals surface area contributed by atoms with Gasteiger partial charge in [0.05, 0.1) is 18.2 Å². The zero-order valence-corrected chi connectivity index (χ0v) is 20.2. The number of halogens is 1. The van der Waals surface area contributed by atoms with Crippen molar-refractivity contribution in [1.29, 1.82) is 0 Å². The first-order valence-electron chi connectivity index (χ1n) is 12.7. The van der Waals surface area contributed by atoms with Crippen LogP contribution in [0.4, 0.5) is 10.1 Å². The molecule has 0 unspecified atom stereocenters. The zero-order valence-electron chi connectivity index (χ0n) is 20.2. The normalized spacial score (nSPS) is 20.5. The van der Waals surface area contributed by atoms with Crippen molar-refractivity contribution < 1.29 is 9.18 Å². The lowest BCUT2D eigenvalue weighted by Crippen LogP contribution is -2.52. The summed E-state index contributed by atoms with van der Waals surface area (Å²) >= 11 is 0. The Kier molecular flexibility index (Phi) is 5.69. The summed E-state index contributed by atoms with van der Waals surface area (Å²) in [5, 5.41) is 7.63. The van der Waals surface area contributed by atoms with Gasteiger partial charge in [-0.25, -0.2) is 4.39 Å². The second-order valence-corrected chi connectivity index (χ2v) is 10.2. The fourth-order valence-electron chi connectivity index (χ4n) is 6.28. The standard InChI is InChI=1S/C28H32FN5O/c1-32-18-22(17-31-32)20-6-7-21(25(29)16-20)19-34-26-5-3-2-4-24(26)28(27(34)35)10-14-33(15-11-28)23-8-12-30-13-9-23/h2-7,16-18,23,30H,8-15,19H2,1H3. The molecule has 0 atom stereocenters. The van der Waals surface area contributed by atoms with Gasteiger partial charge in [-0.3, -0.25) is 9.48 Å². The Morgan fingerprint density at radius 3 is 2.57 bits per heavy atom. The number of hydrogen-bond donors (Lipinski definition) is 1. The smallest absolute Gasteiger partial charge is 0.238 e. The molecule has 6 rings (SSSR count). The predicted octanol–water partition coefficient (Wildman–Crippen LogP) is 3.86. The van der Waals surface area contributed by atoms with Crippen LogP contribution in [0.25, 0.3) is 11.1 Å². The number of fused-ring (bicyclic) bond motifs is 2. The van der Waals surface area contributed by atoms with Gasteiger partial charge >= 0.3 is 0 Å². The summed E-state index contributed by atoms with van der Waals surface area (Å²) in [5.41, 5.74) is 3.75. The maximum Gasteiger partial charge on any atom is 0.238 e. The molecule has 0 aliphatic carbocycles. The van der Waals surface area contributed by atoms with Crippen LogP contribution in [-0.2, 0) is 23.8 Å². The van der Waals surface area contributed by atoms with E-state index < -0.39 is 5.41 Å². The minimum absolute atomic E-state index is 0.124. The number of benzene rings is 2. The number of amides is 1. The molecule has 0 bridgehead atoms. The molecule has 2 fully saturated rings. The number of likely N-dealkylation sites (tertiary alicyclic amines) is 1. The molecule has 0 saturated carbocycles. The molecule has 3 aliphatic heterocycles. The molecule has 2 aromatic carbocycles. The lowest BCUT2D eigenvalue weighted by Gasteiger charge is -2.43. The lowest BCUT2D eigenvalue weighted by atomic mass is 9.73. The number of aryl methyl sites for hydroxylation is 1. The van der Waals surface area contributed by atoms with E-state index in [1.807, 2.05) is 42.4 Å². The Morgan fingerprint density at radius 2 is 1.86 bits per heavy atom. The van der Waals surface area contributed by atoms with Gasteiger partial charge in [0.15, 0.2) is 0 Å². The maximum absolute atomic E-state index is 15.2. The van der Waals surface area contributed by atoms with Gasteiger partial charge in [0.2, 0.25) is 5.91 Å². The number of aromatic nitrogens is 2. The number of anilines is 1. The number of rotatable bonds is 4. The highest BCUT2D eigenvalue weighted by atomic mass is 19.1. The minimum Gasteiger partial charge on any atom is -0.317 e. The topological polar surface area (TPSA) is 53.4 Å². The monoisotopic (exact) mass is 473 g/mol. The van der Waals surface area contributed by atoms with Crippen molar-refractivity contribution in [3.05, 3.63) is 71.8 Å². The Bertz CT molecular complexity index is 1240. The van der Waals surface area contributed by atoms with Crippen LogP contribution < -0.4 is 10.2 Å². The van der Waals surface area contributed by atoms with E-state index in [4.69, 9.17) is 0 Å². The van der Waals surface area contributed by atoms with Crippen molar-refractivity contribution in [2.45, 2.75) is 43.7 Å². The SMILES string of the molecule is Cn1cc(-c2ccc(CN3C(=O)C4(CCN(C5CCNCC5)CC4)c4ccccc43)c(F)c2)cn1. The zero-order chi connectivity index (χ0) is 24.0. The summed E-state index contributed by atoms with van der Waals surface area (Å²) in [6.07, 6.45) is 7.61. The Hall–Kier alpha value is -3.03. The number of carbonyl (C=O) groups excluding carboxylic acids is 1. The summed E-state index contributed by atoms with van der Waals surface area (Å²) < 4.78 is 16.9. The number of piperidine rings is 2. The summed E-state index contributed by atoms with van der Waals surface area (Å²) in [5.74, 6) is -0.169. The van der Waals surface area contributed by atoms with E-state index in [0.29, 0.717) is 11.6 Å². The average molecular weight is 474 g/mol. The highest BCUT2D eigenvalue weighted by Gasteiger charge is 2.52. The molecular formula is C28H32FN5O. The second-order valence-electron chi connectivity index (χ2n) is 10.2. The van der Waals surface area contributed by atoms with E-state index in [1.54, 1.807) is 23.0 Å². The molecule has 6 nitrogen and oxygen atoms in total. The first kappa shape index (κ1) is 22.4. The highest BCUT2D eigenvalue weighted by Crippen LogP contribution is 2.49. The number of para-hydroxylation sites is 1. The molecule has 35 heavy (non-hydrogen) atoms. The van der Waals surface area contributed by atoms with Gasteiger partial charge < -0.3 is 15.1 Å². The van der Waals surface area contributed by atoms with E-state index >= 15 is 4.39 Å². The van der Waals surface area contributed by atoms with Crippen LogP contribution in [0.3, 0.4) is 0 Å². The van der Waals surface area contributed by atoms with Gasteiger partial charge in [-0.05, 0) is 75.1 Å². The number of carbonyl (C=O) groups is 1. The highest BCUT2D eigenvalue weighted by molar-refractivity contribution is 6.08. The van der Waals surface area contributed by atoms with E-state index in [2.05, 4.69) is 21.4 Å². The average Bonchev–Trinajstić information content (AvgIpc) is 3.42. The van der Waals surface area contributed by atoms with Crippen molar-refractivity contribution >= 4 is 11.6 Å². The minimum atomic E-state index is -0.494. The molecule has 1 N–H and O–H groups in total. The van der Waals surface area contributed by atoms with E-state index in [9.17, 15) is 4.79 Å². The Morgan fingerprint density at radius 1 is 1.09 bits per heavy atom. The quantitative estimate of drug-likeness (QED) is 0.625. The van der Waals surface area contributed by atoms with Crippen molar-refractivity contribution in [1.82, 2.24) is 20.0 Å².